The van der Waals surface area contributed by atoms with E-state index in [0.29, 0.717) is 18.7 Å². The molecular weight excluding hydrogens is 500 g/mol. The molecule has 37 heavy (non-hydrogen) atoms. The Balaban J connectivity index is 1.33. The molecular formula is C25H28N4O7S. The van der Waals surface area contributed by atoms with Crippen LogP contribution < -0.4 is 14.8 Å². The van der Waals surface area contributed by atoms with Crippen LogP contribution in [0.4, 0.5) is 4.79 Å². The summed E-state index contributed by atoms with van der Waals surface area (Å²) in [5, 5.41) is 13.5. The monoisotopic (exact) mass is 528 g/mol. The van der Waals surface area contributed by atoms with Crippen LogP contribution in [-0.4, -0.2) is 70.8 Å². The molecule has 12 heteroatoms. The summed E-state index contributed by atoms with van der Waals surface area (Å²) < 4.78 is 32.8. The Morgan fingerprint density at radius 2 is 1.95 bits per heavy atom. The van der Waals surface area contributed by atoms with Gasteiger partial charge in [-0.1, -0.05) is 24.3 Å². The first-order valence-corrected chi connectivity index (χ1v) is 13.6. The van der Waals surface area contributed by atoms with Crippen LogP contribution in [0.3, 0.4) is 0 Å². The Labute approximate surface area is 213 Å². The predicted octanol–water partition coefficient (Wildman–Crippen LogP) is 1.71. The Morgan fingerprint density at radius 1 is 1.24 bits per heavy atom. The number of pyridine rings is 1. The van der Waals surface area contributed by atoms with Gasteiger partial charge in [-0.2, -0.15) is 0 Å². The molecule has 196 valence electrons. The minimum atomic E-state index is -3.82. The average molecular weight is 529 g/mol. The van der Waals surface area contributed by atoms with Crippen LogP contribution in [0.1, 0.15) is 31.2 Å². The number of benzene rings is 1. The molecule has 3 aliphatic rings. The maximum atomic E-state index is 13.3. The van der Waals surface area contributed by atoms with Gasteiger partial charge < -0.3 is 15.2 Å². The quantitative estimate of drug-likeness (QED) is 0.438. The molecule has 1 saturated heterocycles. The predicted molar refractivity (Wildman–Crippen MR) is 133 cm³/mol. The van der Waals surface area contributed by atoms with E-state index in [2.05, 4.69) is 21.6 Å². The van der Waals surface area contributed by atoms with Gasteiger partial charge in [0.25, 0.3) is 5.91 Å². The second-order valence-corrected chi connectivity index (χ2v) is 11.9. The van der Waals surface area contributed by atoms with Crippen molar-refractivity contribution in [2.45, 2.75) is 55.5 Å². The van der Waals surface area contributed by atoms with Crippen molar-refractivity contribution in [2.24, 2.45) is 5.92 Å². The number of fused-ring (bicyclic) bond motifs is 1. The average Bonchev–Trinajstić information content (AvgIpc) is 3.78. The fourth-order valence-corrected chi connectivity index (χ4v) is 6.29. The van der Waals surface area contributed by atoms with E-state index in [1.807, 2.05) is 31.2 Å². The number of rotatable bonds is 8. The summed E-state index contributed by atoms with van der Waals surface area (Å²) in [6, 6.07) is 6.42. The molecule has 1 aromatic carbocycles. The highest BCUT2D eigenvalue weighted by atomic mass is 32.2. The standard InChI is InChI=1S/C25H28N4O7S/c1-3-15-11-25(15,23(31)28-37(34,35)17-8-9-17)27-21(30)20-10-16(13-29(20)24(32)33)36-22-19-7-5-4-6-18(19)14(2)12-26-22/h3-7,12,15-17,20H,1,8-11,13H2,2H3,(H,27,30)(H,28,31)(H,32,33). The maximum Gasteiger partial charge on any atom is 0.408 e. The van der Waals surface area contributed by atoms with Crippen LogP contribution in [0.25, 0.3) is 10.8 Å². The van der Waals surface area contributed by atoms with Crippen LogP contribution in [0.2, 0.25) is 0 Å². The number of nitrogens with zero attached hydrogens (tertiary/aromatic N) is 2. The van der Waals surface area contributed by atoms with Crippen LogP contribution in [0.5, 0.6) is 5.88 Å². The summed E-state index contributed by atoms with van der Waals surface area (Å²) in [7, 11) is -3.82. The van der Waals surface area contributed by atoms with Gasteiger partial charge in [0.1, 0.15) is 17.7 Å². The number of carboxylic acid groups (broad SMARTS) is 1. The minimum absolute atomic E-state index is 0.0405. The molecule has 3 N–H and O–H groups in total. The highest BCUT2D eigenvalue weighted by Crippen LogP contribution is 2.45. The number of sulfonamides is 1. The van der Waals surface area contributed by atoms with Crippen LogP contribution in [0.15, 0.2) is 43.1 Å². The molecule has 1 aromatic heterocycles. The molecule has 1 aliphatic heterocycles. The van der Waals surface area contributed by atoms with Crippen molar-refractivity contribution in [3.05, 3.63) is 48.7 Å². The van der Waals surface area contributed by atoms with Crippen molar-refractivity contribution in [1.29, 1.82) is 0 Å². The smallest absolute Gasteiger partial charge is 0.408 e. The molecule has 2 aromatic rings. The van der Waals surface area contributed by atoms with E-state index in [9.17, 15) is 27.9 Å². The van der Waals surface area contributed by atoms with Crippen molar-refractivity contribution in [3.8, 4) is 5.88 Å². The first kappa shape index (κ1) is 25.0. The van der Waals surface area contributed by atoms with Crippen LogP contribution >= 0.6 is 0 Å². The van der Waals surface area contributed by atoms with Gasteiger partial charge in [-0.15, -0.1) is 6.58 Å². The number of aromatic nitrogens is 1. The second kappa shape index (κ2) is 9.02. The largest absolute Gasteiger partial charge is 0.472 e. The zero-order valence-electron chi connectivity index (χ0n) is 20.2. The normalized spacial score (nSPS) is 26.9. The summed E-state index contributed by atoms with van der Waals surface area (Å²) in [6.07, 6.45) is 2.37. The van der Waals surface area contributed by atoms with Crippen LogP contribution in [0, 0.1) is 12.8 Å². The zero-order valence-corrected chi connectivity index (χ0v) is 21.0. The van der Waals surface area contributed by atoms with E-state index in [1.54, 1.807) is 6.20 Å². The van der Waals surface area contributed by atoms with Crippen molar-refractivity contribution in [2.75, 3.05) is 6.54 Å². The third kappa shape index (κ3) is 4.61. The van der Waals surface area contributed by atoms with E-state index >= 15 is 0 Å². The Morgan fingerprint density at radius 3 is 2.57 bits per heavy atom. The number of likely N-dealkylation sites (tertiary alicyclic amines) is 1. The molecule has 3 amide bonds. The number of carbonyl (C=O) groups excluding carboxylic acids is 2. The lowest BCUT2D eigenvalue weighted by Gasteiger charge is -2.24. The second-order valence-electron chi connectivity index (χ2n) is 9.90. The fraction of sp³-hybridized carbons (Fsp3) is 0.440. The van der Waals surface area contributed by atoms with E-state index in [1.165, 1.54) is 6.08 Å². The number of ether oxygens (including phenoxy) is 1. The Bertz CT molecular complexity index is 1410. The molecule has 11 nitrogen and oxygen atoms in total. The molecule has 2 aliphatic carbocycles. The van der Waals surface area contributed by atoms with Gasteiger partial charge in [-0.05, 0) is 43.2 Å². The van der Waals surface area contributed by atoms with Crippen molar-refractivity contribution >= 4 is 38.7 Å². The summed E-state index contributed by atoms with van der Waals surface area (Å²) in [6.45, 7) is 5.53. The molecule has 2 saturated carbocycles. The maximum absolute atomic E-state index is 13.3. The molecule has 4 unspecified atom stereocenters. The van der Waals surface area contributed by atoms with Crippen molar-refractivity contribution in [3.63, 3.8) is 0 Å². The zero-order chi connectivity index (χ0) is 26.5. The van der Waals surface area contributed by atoms with Crippen molar-refractivity contribution in [1.82, 2.24) is 19.9 Å². The molecule has 5 rings (SSSR count). The first-order chi connectivity index (χ1) is 17.6. The van der Waals surface area contributed by atoms with Gasteiger partial charge in [-0.3, -0.25) is 19.2 Å². The Hall–Kier alpha value is -3.67. The molecule has 4 atom stereocenters. The highest BCUT2D eigenvalue weighted by Gasteiger charge is 2.61. The highest BCUT2D eigenvalue weighted by molar-refractivity contribution is 7.91. The SMILES string of the molecule is C=CC1CC1(NC(=O)C1CC(Oc2ncc(C)c3ccccc23)CN1C(=O)O)C(=O)NS(=O)(=O)C1CC1. The number of aryl methyl sites for hydroxylation is 1. The lowest BCUT2D eigenvalue weighted by atomic mass is 10.1. The van der Waals surface area contributed by atoms with Gasteiger partial charge in [0.2, 0.25) is 21.8 Å². The molecule has 0 radical (unpaired) electrons. The third-order valence-electron chi connectivity index (χ3n) is 7.30. The summed E-state index contributed by atoms with van der Waals surface area (Å²) in [5.41, 5.74) is -0.522. The minimum Gasteiger partial charge on any atom is -0.472 e. The van der Waals surface area contributed by atoms with E-state index in [4.69, 9.17) is 4.74 Å². The first-order valence-electron chi connectivity index (χ1n) is 12.1. The molecule has 0 spiro atoms. The number of carbonyl (C=O) groups is 3. The van der Waals surface area contributed by atoms with E-state index in [0.717, 1.165) is 21.2 Å². The van der Waals surface area contributed by atoms with Crippen LogP contribution in [-0.2, 0) is 19.6 Å². The lowest BCUT2D eigenvalue weighted by molar-refractivity contribution is -0.131. The third-order valence-corrected chi connectivity index (χ3v) is 9.11. The molecule has 3 fully saturated rings. The number of hydrogen-bond donors (Lipinski definition) is 3. The number of hydrogen-bond acceptors (Lipinski definition) is 7. The van der Waals surface area contributed by atoms with E-state index in [-0.39, 0.29) is 19.4 Å². The molecule has 0 bridgehead atoms. The topological polar surface area (TPSA) is 155 Å². The number of nitrogens with one attached hydrogen (secondary N) is 2. The van der Waals surface area contributed by atoms with Crippen molar-refractivity contribution < 1.29 is 32.6 Å². The van der Waals surface area contributed by atoms with Gasteiger partial charge in [-0.25, -0.2) is 18.2 Å². The number of amides is 3. The van der Waals surface area contributed by atoms with Gasteiger partial charge in [0.05, 0.1) is 11.8 Å². The molecule has 2 heterocycles. The van der Waals surface area contributed by atoms with Gasteiger partial charge in [0.15, 0.2) is 0 Å². The lowest BCUT2D eigenvalue weighted by Crippen LogP contribution is -2.56. The van der Waals surface area contributed by atoms with Gasteiger partial charge in [0, 0.05) is 23.9 Å². The van der Waals surface area contributed by atoms with Gasteiger partial charge >= 0.3 is 6.09 Å². The summed E-state index contributed by atoms with van der Waals surface area (Å²) >= 11 is 0. The summed E-state index contributed by atoms with van der Waals surface area (Å²) in [5.74, 6) is -1.66. The fourth-order valence-electron chi connectivity index (χ4n) is 4.92. The summed E-state index contributed by atoms with van der Waals surface area (Å²) in [4.78, 5) is 43.6. The Kier molecular flexibility index (Phi) is 6.09. The van der Waals surface area contributed by atoms with E-state index < -0.39 is 56.8 Å².